The fourth-order valence-electron chi connectivity index (χ4n) is 2.06. The Bertz CT molecular complexity index is 656. The van der Waals surface area contributed by atoms with Gasteiger partial charge in [-0.3, -0.25) is 10.1 Å². The van der Waals surface area contributed by atoms with E-state index in [0.29, 0.717) is 34.8 Å². The van der Waals surface area contributed by atoms with Crippen LogP contribution in [-0.4, -0.2) is 4.92 Å². The first-order valence-corrected chi connectivity index (χ1v) is 6.83. The lowest BCUT2D eigenvalue weighted by atomic mass is 10.1. The van der Waals surface area contributed by atoms with Gasteiger partial charge in [-0.1, -0.05) is 24.6 Å². The van der Waals surface area contributed by atoms with Crippen LogP contribution < -0.4 is 5.32 Å². The summed E-state index contributed by atoms with van der Waals surface area (Å²) in [7, 11) is 0. The lowest BCUT2D eigenvalue weighted by Gasteiger charge is -2.08. The highest BCUT2D eigenvalue weighted by Crippen LogP contribution is 2.24. The van der Waals surface area contributed by atoms with Crippen LogP contribution in [0.15, 0.2) is 36.4 Å². The molecule has 0 aromatic heterocycles. The topological polar surface area (TPSA) is 55.2 Å². The number of nitrogens with zero attached hydrogens (tertiary/aromatic N) is 1. The molecule has 4 nitrogen and oxygen atoms in total. The fourth-order valence-corrected chi connectivity index (χ4v) is 2.30. The van der Waals surface area contributed by atoms with Gasteiger partial charge in [0.25, 0.3) is 5.69 Å². The largest absolute Gasteiger partial charge is 0.381 e. The number of rotatable bonds is 5. The predicted molar refractivity (Wildman–Crippen MR) is 81.2 cm³/mol. The monoisotopic (exact) mass is 308 g/mol. The molecule has 2 aromatic rings. The Labute approximate surface area is 126 Å². The van der Waals surface area contributed by atoms with Crippen LogP contribution in [0.3, 0.4) is 0 Å². The normalized spacial score (nSPS) is 10.4. The first kappa shape index (κ1) is 15.3. The van der Waals surface area contributed by atoms with E-state index in [9.17, 15) is 14.5 Å². The number of nitrogens with one attached hydrogen (secondary N) is 1. The first-order chi connectivity index (χ1) is 9.99. The highest BCUT2D eigenvalue weighted by Gasteiger charge is 2.12. The second-order valence-electron chi connectivity index (χ2n) is 4.59. The van der Waals surface area contributed by atoms with Crippen molar-refractivity contribution in [3.63, 3.8) is 0 Å². The van der Waals surface area contributed by atoms with Crippen molar-refractivity contribution in [1.29, 1.82) is 0 Å². The Morgan fingerprint density at radius 1 is 1.29 bits per heavy atom. The molecule has 0 radical (unpaired) electrons. The molecule has 2 aromatic carbocycles. The smallest absolute Gasteiger partial charge is 0.274 e. The molecule has 6 heteroatoms. The maximum absolute atomic E-state index is 13.2. The standard InChI is InChI=1S/C15H14ClFN2O2/c1-2-11-3-4-14(8-15(11)19(20)21)18-9-10-5-12(16)7-13(17)6-10/h3-8,18H,2,9H2,1H3. The van der Waals surface area contributed by atoms with Crippen LogP contribution >= 0.6 is 11.6 Å². The van der Waals surface area contributed by atoms with Gasteiger partial charge in [0.05, 0.1) is 4.92 Å². The van der Waals surface area contributed by atoms with Crippen LogP contribution in [0.2, 0.25) is 5.02 Å². The third-order valence-electron chi connectivity index (χ3n) is 3.08. The van der Waals surface area contributed by atoms with Crippen molar-refractivity contribution in [1.82, 2.24) is 0 Å². The van der Waals surface area contributed by atoms with Crippen molar-refractivity contribution in [2.45, 2.75) is 19.9 Å². The van der Waals surface area contributed by atoms with Crippen molar-refractivity contribution >= 4 is 23.0 Å². The van der Waals surface area contributed by atoms with Gasteiger partial charge in [0.15, 0.2) is 0 Å². The zero-order valence-electron chi connectivity index (χ0n) is 11.4. The van der Waals surface area contributed by atoms with E-state index >= 15 is 0 Å². The second kappa shape index (κ2) is 6.54. The zero-order valence-corrected chi connectivity index (χ0v) is 12.2. The first-order valence-electron chi connectivity index (χ1n) is 6.45. The van der Waals surface area contributed by atoms with Crippen LogP contribution in [0.4, 0.5) is 15.8 Å². The van der Waals surface area contributed by atoms with E-state index in [4.69, 9.17) is 11.6 Å². The van der Waals surface area contributed by atoms with Crippen molar-refractivity contribution < 1.29 is 9.31 Å². The molecule has 1 N–H and O–H groups in total. The number of halogens is 2. The average molecular weight is 309 g/mol. The molecule has 0 bridgehead atoms. The molecule has 0 amide bonds. The van der Waals surface area contributed by atoms with E-state index in [-0.39, 0.29) is 5.69 Å². The average Bonchev–Trinajstić information content (AvgIpc) is 2.43. The van der Waals surface area contributed by atoms with Gasteiger partial charge in [0.2, 0.25) is 0 Å². The molecular weight excluding hydrogens is 295 g/mol. The highest BCUT2D eigenvalue weighted by atomic mass is 35.5. The van der Waals surface area contributed by atoms with Crippen LogP contribution in [0.1, 0.15) is 18.1 Å². The van der Waals surface area contributed by atoms with Gasteiger partial charge in [-0.05, 0) is 36.2 Å². The number of benzene rings is 2. The maximum Gasteiger partial charge on any atom is 0.274 e. The summed E-state index contributed by atoms with van der Waals surface area (Å²) in [5.74, 6) is -0.411. The summed E-state index contributed by atoms with van der Waals surface area (Å²) in [5.41, 5.74) is 2.04. The van der Waals surface area contributed by atoms with E-state index in [2.05, 4.69) is 5.32 Å². The van der Waals surface area contributed by atoms with Crippen molar-refractivity contribution in [2.75, 3.05) is 5.32 Å². The summed E-state index contributed by atoms with van der Waals surface area (Å²) in [6.07, 6.45) is 0.593. The number of anilines is 1. The molecule has 0 aliphatic rings. The summed E-state index contributed by atoms with van der Waals surface area (Å²) >= 11 is 5.78. The number of aryl methyl sites for hydroxylation is 1. The number of hydrogen-bond donors (Lipinski definition) is 1. The van der Waals surface area contributed by atoms with E-state index in [1.807, 2.05) is 6.92 Å². The molecule has 0 fully saturated rings. The third-order valence-corrected chi connectivity index (χ3v) is 3.30. The molecule has 0 spiro atoms. The van der Waals surface area contributed by atoms with Gasteiger partial charge in [-0.2, -0.15) is 0 Å². The van der Waals surface area contributed by atoms with Gasteiger partial charge in [0.1, 0.15) is 5.82 Å². The summed E-state index contributed by atoms with van der Waals surface area (Å²) in [4.78, 5) is 10.6. The Morgan fingerprint density at radius 3 is 2.67 bits per heavy atom. The van der Waals surface area contributed by atoms with E-state index < -0.39 is 10.7 Å². The molecular formula is C15H14ClFN2O2. The Hall–Kier alpha value is -2.14. The van der Waals surface area contributed by atoms with Gasteiger partial charge in [-0.15, -0.1) is 0 Å². The van der Waals surface area contributed by atoms with Crippen LogP contribution in [0, 0.1) is 15.9 Å². The molecule has 21 heavy (non-hydrogen) atoms. The van der Waals surface area contributed by atoms with Crippen molar-refractivity contribution in [3.05, 3.63) is 68.5 Å². The van der Waals surface area contributed by atoms with E-state index in [1.54, 1.807) is 18.2 Å². The van der Waals surface area contributed by atoms with E-state index in [0.717, 1.165) is 0 Å². The minimum absolute atomic E-state index is 0.0831. The van der Waals surface area contributed by atoms with Crippen LogP contribution in [-0.2, 0) is 13.0 Å². The molecule has 0 saturated carbocycles. The summed E-state index contributed by atoms with van der Waals surface area (Å²) < 4.78 is 13.2. The number of hydrogen-bond acceptors (Lipinski definition) is 3. The second-order valence-corrected chi connectivity index (χ2v) is 5.02. The molecule has 2 rings (SSSR count). The quantitative estimate of drug-likeness (QED) is 0.650. The maximum atomic E-state index is 13.2. The Kier molecular flexibility index (Phi) is 4.75. The van der Waals surface area contributed by atoms with E-state index in [1.165, 1.54) is 18.2 Å². The lowest BCUT2D eigenvalue weighted by Crippen LogP contribution is -2.02. The van der Waals surface area contributed by atoms with Crippen molar-refractivity contribution in [3.8, 4) is 0 Å². The number of nitro groups is 1. The zero-order chi connectivity index (χ0) is 15.4. The molecule has 0 atom stereocenters. The highest BCUT2D eigenvalue weighted by molar-refractivity contribution is 6.30. The van der Waals surface area contributed by atoms with Gasteiger partial charge in [0, 0.05) is 28.9 Å². The van der Waals surface area contributed by atoms with Gasteiger partial charge < -0.3 is 5.32 Å². The molecule has 0 saturated heterocycles. The van der Waals surface area contributed by atoms with Crippen LogP contribution in [0.25, 0.3) is 0 Å². The minimum atomic E-state index is -0.411. The van der Waals surface area contributed by atoms with Gasteiger partial charge >= 0.3 is 0 Å². The summed E-state index contributed by atoms with van der Waals surface area (Å²) in [6.45, 7) is 2.20. The molecule has 0 unspecified atom stereocenters. The van der Waals surface area contributed by atoms with Crippen molar-refractivity contribution in [2.24, 2.45) is 0 Å². The fraction of sp³-hybridized carbons (Fsp3) is 0.200. The summed E-state index contributed by atoms with van der Waals surface area (Å²) in [5, 5.41) is 14.4. The summed E-state index contributed by atoms with van der Waals surface area (Å²) in [6, 6.07) is 9.22. The molecule has 0 aliphatic carbocycles. The predicted octanol–water partition coefficient (Wildman–Crippen LogP) is 4.56. The van der Waals surface area contributed by atoms with Crippen LogP contribution in [0.5, 0.6) is 0 Å². The SMILES string of the molecule is CCc1ccc(NCc2cc(F)cc(Cl)c2)cc1[N+](=O)[O-]. The Balaban J connectivity index is 2.16. The molecule has 0 aliphatic heterocycles. The third kappa shape index (κ3) is 3.92. The van der Waals surface area contributed by atoms with Gasteiger partial charge in [-0.25, -0.2) is 4.39 Å². The molecule has 0 heterocycles. The Morgan fingerprint density at radius 2 is 2.05 bits per heavy atom. The lowest BCUT2D eigenvalue weighted by molar-refractivity contribution is -0.385. The molecule has 110 valence electrons. The number of nitro benzene ring substituents is 1. The minimum Gasteiger partial charge on any atom is -0.381 e.